The summed E-state index contributed by atoms with van der Waals surface area (Å²) in [6.45, 7) is 1.60. The third kappa shape index (κ3) is 5.43. The van der Waals surface area contributed by atoms with E-state index >= 15 is 0 Å². The molecule has 1 aliphatic rings. The number of nitrogens with zero attached hydrogens (tertiary/aromatic N) is 2. The molecule has 4 aromatic rings. The van der Waals surface area contributed by atoms with Gasteiger partial charge in [-0.1, -0.05) is 36.4 Å². The third-order valence-electron chi connectivity index (χ3n) is 7.38. The molecule has 2 aromatic heterocycles. The molecule has 0 radical (unpaired) electrons. The van der Waals surface area contributed by atoms with Crippen LogP contribution in [0.5, 0.6) is 0 Å². The van der Waals surface area contributed by atoms with Gasteiger partial charge in [0.05, 0.1) is 12.7 Å². The molecule has 7 heteroatoms. The highest BCUT2D eigenvalue weighted by Gasteiger charge is 2.28. The molecule has 1 aliphatic carbocycles. The van der Waals surface area contributed by atoms with E-state index < -0.39 is 0 Å². The highest BCUT2D eigenvalue weighted by Crippen LogP contribution is 2.37. The van der Waals surface area contributed by atoms with E-state index in [1.807, 2.05) is 6.07 Å². The number of carbonyl (C=O) groups excluding carboxylic acids is 2. The van der Waals surface area contributed by atoms with Gasteiger partial charge in [0.2, 0.25) is 0 Å². The number of esters is 1. The van der Waals surface area contributed by atoms with Gasteiger partial charge < -0.3 is 19.6 Å². The first-order chi connectivity index (χ1) is 18.4. The van der Waals surface area contributed by atoms with E-state index in [9.17, 15) is 9.59 Å². The van der Waals surface area contributed by atoms with Crippen LogP contribution in [0.1, 0.15) is 50.8 Å². The van der Waals surface area contributed by atoms with Crippen LogP contribution < -0.4 is 0 Å². The van der Waals surface area contributed by atoms with E-state index in [1.165, 1.54) is 35.3 Å². The number of fused-ring (bicyclic) bond motifs is 2. The van der Waals surface area contributed by atoms with Gasteiger partial charge in [-0.05, 0) is 59.7 Å². The summed E-state index contributed by atoms with van der Waals surface area (Å²) in [6, 6.07) is 17.1. The van der Waals surface area contributed by atoms with E-state index in [4.69, 9.17) is 4.74 Å². The highest BCUT2D eigenvalue weighted by molar-refractivity contribution is 5.93. The Morgan fingerprint density at radius 3 is 2.74 bits per heavy atom. The lowest BCUT2D eigenvalue weighted by Crippen LogP contribution is -2.29. The monoisotopic (exact) mass is 510 g/mol. The molecule has 0 bridgehead atoms. The summed E-state index contributed by atoms with van der Waals surface area (Å²) >= 11 is 0. The molecule has 0 fully saturated rings. The van der Waals surface area contributed by atoms with Crippen LogP contribution in [0.15, 0.2) is 67.0 Å². The second-order valence-electron chi connectivity index (χ2n) is 10.1. The standard InChI is InChI=1S/C31H34N4O3/c1-34(2)31(37)24-17-25(32-19-24)20-35(15-14-23-18-33-28-7-5-4-6-26(23)28)29-12-10-22-16-21(8-11-27(22)29)9-13-30(36)38-3/h4-9,11,13,16-19,29,32-33H,10,12,14-15,20H2,1-3H3/b13-9+. The Labute approximate surface area is 223 Å². The van der Waals surface area contributed by atoms with Crippen LogP contribution in [0.3, 0.4) is 0 Å². The lowest BCUT2D eigenvalue weighted by molar-refractivity contribution is -0.134. The molecule has 2 heterocycles. The molecule has 2 aromatic carbocycles. The zero-order valence-corrected chi connectivity index (χ0v) is 22.2. The van der Waals surface area contributed by atoms with Gasteiger partial charge in [-0.3, -0.25) is 9.69 Å². The maximum absolute atomic E-state index is 12.5. The molecule has 0 spiro atoms. The largest absolute Gasteiger partial charge is 0.466 e. The van der Waals surface area contributed by atoms with Crippen LogP contribution in [-0.2, 0) is 28.9 Å². The molecule has 0 saturated carbocycles. The van der Waals surface area contributed by atoms with E-state index in [0.717, 1.165) is 49.1 Å². The SMILES string of the molecule is COC(=O)/C=C/c1ccc2c(c1)CCC2N(CCc1c[nH]c2ccccc12)Cc1cc(C(=O)N(C)C)c[nH]1. The maximum atomic E-state index is 12.5. The minimum absolute atomic E-state index is 0.00315. The average Bonchev–Trinajstić information content (AvgIpc) is 3.67. The first kappa shape index (κ1) is 25.5. The zero-order valence-electron chi connectivity index (χ0n) is 22.2. The number of H-pyrrole nitrogens is 2. The minimum Gasteiger partial charge on any atom is -0.466 e. The van der Waals surface area contributed by atoms with Crippen molar-refractivity contribution >= 4 is 28.9 Å². The zero-order chi connectivity index (χ0) is 26.6. The van der Waals surface area contributed by atoms with E-state index in [2.05, 4.69) is 63.5 Å². The number of aryl methyl sites for hydroxylation is 1. The molecule has 0 aliphatic heterocycles. The molecule has 5 rings (SSSR count). The van der Waals surface area contributed by atoms with Crippen LogP contribution >= 0.6 is 0 Å². The Morgan fingerprint density at radius 1 is 1.08 bits per heavy atom. The molecule has 0 saturated heterocycles. The minimum atomic E-state index is -0.357. The Balaban J connectivity index is 1.40. The van der Waals surface area contributed by atoms with Gasteiger partial charge in [0.15, 0.2) is 0 Å². The summed E-state index contributed by atoms with van der Waals surface area (Å²) in [7, 11) is 4.92. The van der Waals surface area contributed by atoms with Crippen molar-refractivity contribution in [3.63, 3.8) is 0 Å². The van der Waals surface area contributed by atoms with Gasteiger partial charge in [-0.25, -0.2) is 4.79 Å². The summed E-state index contributed by atoms with van der Waals surface area (Å²) in [5.74, 6) is -0.360. The normalized spacial score (nSPS) is 14.9. The molecule has 196 valence electrons. The lowest BCUT2D eigenvalue weighted by Gasteiger charge is -2.29. The number of para-hydroxylation sites is 1. The van der Waals surface area contributed by atoms with E-state index in [1.54, 1.807) is 31.3 Å². The van der Waals surface area contributed by atoms with Gasteiger partial charge in [0, 0.05) is 68.3 Å². The van der Waals surface area contributed by atoms with Crippen molar-refractivity contribution in [2.75, 3.05) is 27.7 Å². The molecule has 1 amide bonds. The fraction of sp³-hybridized carbons (Fsp3) is 0.290. The molecule has 38 heavy (non-hydrogen) atoms. The van der Waals surface area contributed by atoms with Gasteiger partial charge >= 0.3 is 5.97 Å². The second-order valence-corrected chi connectivity index (χ2v) is 10.1. The van der Waals surface area contributed by atoms with Crippen molar-refractivity contribution in [1.82, 2.24) is 19.8 Å². The van der Waals surface area contributed by atoms with Crippen LogP contribution in [0.2, 0.25) is 0 Å². The van der Waals surface area contributed by atoms with Crippen molar-refractivity contribution in [3.05, 3.63) is 101 Å². The number of hydrogen-bond donors (Lipinski definition) is 2. The van der Waals surface area contributed by atoms with Crippen molar-refractivity contribution in [2.45, 2.75) is 31.8 Å². The predicted octanol–water partition coefficient (Wildman–Crippen LogP) is 5.12. The van der Waals surface area contributed by atoms with Gasteiger partial charge in [-0.15, -0.1) is 0 Å². The maximum Gasteiger partial charge on any atom is 0.330 e. The summed E-state index contributed by atoms with van der Waals surface area (Å²) in [5, 5.41) is 1.26. The van der Waals surface area contributed by atoms with E-state index in [0.29, 0.717) is 5.56 Å². The Morgan fingerprint density at radius 2 is 1.92 bits per heavy atom. The van der Waals surface area contributed by atoms with Crippen LogP contribution in [-0.4, -0.2) is 59.4 Å². The number of aromatic nitrogens is 2. The number of methoxy groups -OCH3 is 1. The van der Waals surface area contributed by atoms with E-state index in [-0.39, 0.29) is 17.9 Å². The van der Waals surface area contributed by atoms with Crippen LogP contribution in [0.4, 0.5) is 0 Å². The van der Waals surface area contributed by atoms with Crippen molar-refractivity contribution in [2.24, 2.45) is 0 Å². The number of aromatic amines is 2. The first-order valence-corrected chi connectivity index (χ1v) is 13.0. The van der Waals surface area contributed by atoms with Crippen molar-refractivity contribution in [1.29, 1.82) is 0 Å². The topological polar surface area (TPSA) is 81.4 Å². The van der Waals surface area contributed by atoms with Gasteiger partial charge in [-0.2, -0.15) is 0 Å². The summed E-state index contributed by atoms with van der Waals surface area (Å²) in [6.07, 6.45) is 10.1. The molecular weight excluding hydrogens is 476 g/mol. The Bertz CT molecular complexity index is 1480. The quantitative estimate of drug-likeness (QED) is 0.242. The summed E-state index contributed by atoms with van der Waals surface area (Å²) in [5.41, 5.74) is 7.81. The summed E-state index contributed by atoms with van der Waals surface area (Å²) < 4.78 is 4.72. The molecule has 2 N–H and O–H groups in total. The number of amides is 1. The number of carbonyl (C=O) groups is 2. The number of nitrogens with one attached hydrogen (secondary N) is 2. The lowest BCUT2D eigenvalue weighted by atomic mass is 10.0. The van der Waals surface area contributed by atoms with Crippen molar-refractivity contribution in [3.8, 4) is 0 Å². The average molecular weight is 511 g/mol. The van der Waals surface area contributed by atoms with Crippen LogP contribution in [0, 0.1) is 0 Å². The first-order valence-electron chi connectivity index (χ1n) is 13.0. The molecule has 1 atom stereocenters. The van der Waals surface area contributed by atoms with Gasteiger partial charge in [0.25, 0.3) is 5.91 Å². The molecular formula is C31H34N4O3. The van der Waals surface area contributed by atoms with Crippen molar-refractivity contribution < 1.29 is 14.3 Å². The second kappa shape index (κ2) is 11.1. The Hall–Kier alpha value is -4.10. The predicted molar refractivity (Wildman–Crippen MR) is 150 cm³/mol. The van der Waals surface area contributed by atoms with Crippen LogP contribution in [0.25, 0.3) is 17.0 Å². The highest BCUT2D eigenvalue weighted by atomic mass is 16.5. The smallest absolute Gasteiger partial charge is 0.330 e. The van der Waals surface area contributed by atoms with Gasteiger partial charge in [0.1, 0.15) is 0 Å². The molecule has 1 unspecified atom stereocenters. The fourth-order valence-electron chi connectivity index (χ4n) is 5.41. The fourth-order valence-corrected chi connectivity index (χ4v) is 5.41. The number of benzene rings is 2. The number of hydrogen-bond acceptors (Lipinski definition) is 4. The summed E-state index contributed by atoms with van der Waals surface area (Å²) in [4.78, 5) is 34.8. The number of rotatable bonds is 9. The third-order valence-corrected chi connectivity index (χ3v) is 7.38. The molecule has 7 nitrogen and oxygen atoms in total. The Kier molecular flexibility index (Phi) is 7.47. The number of ether oxygens (including phenoxy) is 1.